The van der Waals surface area contributed by atoms with Gasteiger partial charge in [-0.2, -0.15) is 0 Å². The summed E-state index contributed by atoms with van der Waals surface area (Å²) in [6.07, 6.45) is 9.40. The van der Waals surface area contributed by atoms with Crippen LogP contribution >= 0.6 is 0 Å². The molecular weight excluding hydrogens is 588 g/mol. The van der Waals surface area contributed by atoms with Crippen molar-refractivity contribution < 1.29 is 44.7 Å². The number of aromatic hydroxyl groups is 2. The van der Waals surface area contributed by atoms with Crippen LogP contribution < -0.4 is 4.74 Å². The van der Waals surface area contributed by atoms with Crippen LogP contribution in [-0.2, 0) is 16.0 Å². The van der Waals surface area contributed by atoms with E-state index in [4.69, 9.17) is 4.74 Å². The Labute approximate surface area is 271 Å². The van der Waals surface area contributed by atoms with Crippen molar-refractivity contribution in [2.75, 3.05) is 0 Å². The van der Waals surface area contributed by atoms with Gasteiger partial charge >= 0.3 is 0 Å². The second-order valence-electron chi connectivity index (χ2n) is 13.6. The number of carbonyl (C=O) groups excluding carboxylic acids is 3. The van der Waals surface area contributed by atoms with Crippen LogP contribution in [0.15, 0.2) is 52.5 Å². The number of ketones is 3. The van der Waals surface area contributed by atoms with Gasteiger partial charge in [0.15, 0.2) is 17.3 Å². The predicted octanol–water partition coefficient (Wildman–Crippen LogP) is 7.44. The Morgan fingerprint density at radius 1 is 0.978 bits per heavy atom. The van der Waals surface area contributed by atoms with Crippen LogP contribution in [0.5, 0.6) is 17.2 Å². The zero-order chi connectivity index (χ0) is 34.8. The highest BCUT2D eigenvalue weighted by molar-refractivity contribution is 6.24. The van der Waals surface area contributed by atoms with Gasteiger partial charge in [-0.1, -0.05) is 37.6 Å². The van der Waals surface area contributed by atoms with Gasteiger partial charge in [0.1, 0.15) is 45.5 Å². The molecule has 0 aromatic heterocycles. The summed E-state index contributed by atoms with van der Waals surface area (Å²) in [5.74, 6) is -3.93. The summed E-state index contributed by atoms with van der Waals surface area (Å²) in [7, 11) is 0. The number of rotatable bonds is 13. The van der Waals surface area contributed by atoms with Crippen molar-refractivity contribution in [3.63, 3.8) is 0 Å². The third kappa shape index (κ3) is 7.47. The number of carbonyl (C=O) groups is 3. The largest absolute Gasteiger partial charge is 0.511 e. The summed E-state index contributed by atoms with van der Waals surface area (Å²) < 4.78 is 6.03. The SMILES string of the molecule is CCCC(=O)C1=C(O)C(Cc2c(O)c3c(c(C(=O)CCC)c2O)OC(C)(C)C=C3)=C(O)C(C)(CC=C(C)CC=CC(C)(C)O)C1=O. The van der Waals surface area contributed by atoms with E-state index in [0.717, 1.165) is 5.57 Å². The smallest absolute Gasteiger partial charge is 0.183 e. The van der Waals surface area contributed by atoms with Crippen molar-refractivity contribution in [3.05, 3.63) is 69.2 Å². The fourth-order valence-corrected chi connectivity index (χ4v) is 5.62. The Balaban J connectivity index is 2.24. The van der Waals surface area contributed by atoms with Crippen molar-refractivity contribution in [1.29, 1.82) is 0 Å². The normalized spacial score (nSPS) is 19.9. The molecule has 0 spiro atoms. The summed E-state index contributed by atoms with van der Waals surface area (Å²) in [5.41, 5.74) is -3.44. The van der Waals surface area contributed by atoms with E-state index in [0.29, 0.717) is 19.3 Å². The second kappa shape index (κ2) is 13.7. The molecule has 250 valence electrons. The van der Waals surface area contributed by atoms with Gasteiger partial charge in [-0.05, 0) is 79.4 Å². The molecule has 0 saturated heterocycles. The summed E-state index contributed by atoms with van der Waals surface area (Å²) in [5, 5.41) is 55.9. The predicted molar refractivity (Wildman–Crippen MR) is 177 cm³/mol. The minimum atomic E-state index is -1.66. The first-order valence-corrected chi connectivity index (χ1v) is 15.8. The first kappa shape index (κ1) is 36.4. The fraction of sp³-hybridized carbons (Fsp3) is 0.486. The number of phenols is 2. The van der Waals surface area contributed by atoms with E-state index in [2.05, 4.69) is 0 Å². The molecule has 1 aliphatic carbocycles. The van der Waals surface area contributed by atoms with Gasteiger partial charge in [0.2, 0.25) is 0 Å². The van der Waals surface area contributed by atoms with Crippen LogP contribution in [0.1, 0.15) is 115 Å². The molecule has 0 fully saturated rings. The Morgan fingerprint density at radius 3 is 2.17 bits per heavy atom. The number of ether oxygens (including phenoxy) is 1. The quantitative estimate of drug-likeness (QED) is 0.0841. The zero-order valence-corrected chi connectivity index (χ0v) is 28.2. The molecule has 1 aromatic carbocycles. The van der Waals surface area contributed by atoms with Crippen LogP contribution in [-0.4, -0.2) is 54.1 Å². The number of Topliss-reactive ketones (excluding diaryl/α,β-unsaturated/α-hetero) is 3. The van der Waals surface area contributed by atoms with E-state index in [-0.39, 0.29) is 47.3 Å². The molecule has 5 N–H and O–H groups in total. The summed E-state index contributed by atoms with van der Waals surface area (Å²) >= 11 is 0. The lowest BCUT2D eigenvalue weighted by atomic mass is 9.69. The average Bonchev–Trinajstić information content (AvgIpc) is 2.94. The average molecular weight is 637 g/mol. The van der Waals surface area contributed by atoms with E-state index in [1.54, 1.807) is 65.0 Å². The van der Waals surface area contributed by atoms with Crippen molar-refractivity contribution in [1.82, 2.24) is 0 Å². The van der Waals surface area contributed by atoms with Crippen LogP contribution in [0.2, 0.25) is 0 Å². The number of fused-ring (bicyclic) bond motifs is 1. The number of benzene rings is 1. The molecule has 1 heterocycles. The molecule has 0 amide bonds. The molecule has 1 aromatic rings. The number of hydrogen-bond donors (Lipinski definition) is 5. The minimum absolute atomic E-state index is 0.0191. The Hall–Kier alpha value is -4.11. The van der Waals surface area contributed by atoms with E-state index in [1.165, 1.54) is 6.92 Å². The molecule has 9 nitrogen and oxygen atoms in total. The van der Waals surface area contributed by atoms with Crippen LogP contribution in [0, 0.1) is 5.41 Å². The molecule has 0 saturated carbocycles. The molecule has 1 unspecified atom stereocenters. The second-order valence-corrected chi connectivity index (χ2v) is 13.6. The topological polar surface area (TPSA) is 162 Å². The van der Waals surface area contributed by atoms with E-state index < -0.39 is 69.0 Å². The first-order chi connectivity index (χ1) is 21.3. The zero-order valence-electron chi connectivity index (χ0n) is 28.2. The van der Waals surface area contributed by atoms with Gasteiger partial charge in [0.25, 0.3) is 0 Å². The van der Waals surface area contributed by atoms with Crippen molar-refractivity contribution >= 4 is 23.4 Å². The standard InChI is InChI=1S/C37H48O9/c1-9-12-25(38)27-30(41)23(29(40)22-16-18-36(6,7)46-32(22)27)20-24-31(42)28(26(39)13-10-2)34(44)37(8,33(24)43)19-15-21(3)14-11-17-35(4,5)45/h11,15-18,40-43,45H,9-10,12-14,19-20H2,1-8H3. The molecule has 1 aliphatic heterocycles. The highest BCUT2D eigenvalue weighted by Crippen LogP contribution is 2.50. The van der Waals surface area contributed by atoms with Crippen molar-refractivity contribution in [2.45, 2.75) is 112 Å². The number of aliphatic hydroxyl groups is 3. The number of aliphatic hydroxyl groups excluding tert-OH is 2. The third-order valence-corrected chi connectivity index (χ3v) is 8.30. The van der Waals surface area contributed by atoms with Crippen LogP contribution in [0.25, 0.3) is 6.08 Å². The van der Waals surface area contributed by atoms with Gasteiger partial charge in [-0.25, -0.2) is 0 Å². The molecule has 9 heteroatoms. The number of allylic oxidation sites excluding steroid dienone is 6. The lowest BCUT2D eigenvalue weighted by molar-refractivity contribution is -0.127. The van der Waals surface area contributed by atoms with Crippen molar-refractivity contribution in [2.24, 2.45) is 5.41 Å². The van der Waals surface area contributed by atoms with Gasteiger partial charge in [-0.15, -0.1) is 0 Å². The van der Waals surface area contributed by atoms with Crippen LogP contribution in [0.4, 0.5) is 0 Å². The number of hydrogen-bond acceptors (Lipinski definition) is 9. The van der Waals surface area contributed by atoms with Gasteiger partial charge in [0.05, 0.1) is 16.6 Å². The van der Waals surface area contributed by atoms with E-state index in [1.807, 2.05) is 13.8 Å². The third-order valence-electron chi connectivity index (χ3n) is 8.30. The van der Waals surface area contributed by atoms with Gasteiger partial charge < -0.3 is 30.3 Å². The van der Waals surface area contributed by atoms with E-state index >= 15 is 0 Å². The molecule has 1 atom stereocenters. The highest BCUT2D eigenvalue weighted by Gasteiger charge is 2.48. The Kier molecular flexibility index (Phi) is 10.8. The lowest BCUT2D eigenvalue weighted by Gasteiger charge is -2.34. The molecular formula is C37H48O9. The molecule has 2 aliphatic rings. The summed E-state index contributed by atoms with van der Waals surface area (Å²) in [6, 6.07) is 0. The van der Waals surface area contributed by atoms with Gasteiger partial charge in [0, 0.05) is 30.4 Å². The van der Waals surface area contributed by atoms with E-state index in [9.17, 15) is 39.9 Å². The van der Waals surface area contributed by atoms with Crippen molar-refractivity contribution in [3.8, 4) is 17.2 Å². The maximum atomic E-state index is 13.9. The summed E-state index contributed by atoms with van der Waals surface area (Å²) in [4.78, 5) is 40.4. The fourth-order valence-electron chi connectivity index (χ4n) is 5.62. The monoisotopic (exact) mass is 636 g/mol. The van der Waals surface area contributed by atoms with Gasteiger partial charge in [-0.3, -0.25) is 14.4 Å². The Morgan fingerprint density at radius 2 is 1.59 bits per heavy atom. The maximum absolute atomic E-state index is 13.9. The number of phenolic OH excluding ortho intramolecular Hbond substituents is 2. The highest BCUT2D eigenvalue weighted by atomic mass is 16.5. The molecule has 3 rings (SSSR count). The molecule has 0 radical (unpaired) electrons. The molecule has 0 bridgehead atoms. The maximum Gasteiger partial charge on any atom is 0.183 e. The minimum Gasteiger partial charge on any atom is -0.511 e. The first-order valence-electron chi connectivity index (χ1n) is 15.8. The Bertz CT molecular complexity index is 1570. The van der Waals surface area contributed by atoms with Crippen LogP contribution in [0.3, 0.4) is 0 Å². The summed E-state index contributed by atoms with van der Waals surface area (Å²) in [6.45, 7) is 13.7. The lowest BCUT2D eigenvalue weighted by Crippen LogP contribution is -2.39. The molecule has 46 heavy (non-hydrogen) atoms.